The maximum atomic E-state index is 12.0. The maximum Gasteiger partial charge on any atom is 0.337 e. The van der Waals surface area contributed by atoms with Crippen LogP contribution in [0.5, 0.6) is 0 Å². The van der Waals surface area contributed by atoms with Crippen LogP contribution in [-0.4, -0.2) is 39.3 Å². The molecule has 0 fully saturated rings. The van der Waals surface area contributed by atoms with E-state index in [0.717, 1.165) is 0 Å². The van der Waals surface area contributed by atoms with Gasteiger partial charge in [0.2, 0.25) is 10.0 Å². The number of aliphatic hydroxyl groups excluding tert-OH is 1. The molecule has 0 aliphatic carbocycles. The lowest BCUT2D eigenvalue weighted by Crippen LogP contribution is -2.27. The molecule has 112 valence electrons. The molecule has 0 radical (unpaired) electrons. The lowest BCUT2D eigenvalue weighted by atomic mass is 10.2. The van der Waals surface area contributed by atoms with Crippen LogP contribution in [0.25, 0.3) is 0 Å². The number of ether oxygens (including phenoxy) is 1. The molecule has 6 nitrogen and oxygen atoms in total. The highest BCUT2D eigenvalue weighted by atomic mass is 32.2. The standard InChI is InChI=1S/C13H19NO5S/c1-3-11(15)7-8-14-20(17,18)12-6-4-5-10(9-12)13(16)19-2/h4-6,9,11,14-15H,3,7-8H2,1-2H3. The van der Waals surface area contributed by atoms with Crippen LogP contribution in [0, 0.1) is 0 Å². The molecule has 0 saturated heterocycles. The van der Waals surface area contributed by atoms with E-state index in [1.807, 2.05) is 6.92 Å². The van der Waals surface area contributed by atoms with Gasteiger partial charge in [-0.25, -0.2) is 17.9 Å². The Morgan fingerprint density at radius 2 is 2.15 bits per heavy atom. The molecular weight excluding hydrogens is 282 g/mol. The first-order valence-corrected chi connectivity index (χ1v) is 7.75. The minimum Gasteiger partial charge on any atom is -0.465 e. The fourth-order valence-electron chi connectivity index (χ4n) is 1.56. The smallest absolute Gasteiger partial charge is 0.337 e. The first-order chi connectivity index (χ1) is 9.40. The molecule has 0 saturated carbocycles. The van der Waals surface area contributed by atoms with Gasteiger partial charge in [0.15, 0.2) is 0 Å². The van der Waals surface area contributed by atoms with Crippen LogP contribution >= 0.6 is 0 Å². The predicted molar refractivity (Wildman–Crippen MR) is 73.9 cm³/mol. The molecular formula is C13H19NO5S. The number of hydrogen-bond donors (Lipinski definition) is 2. The van der Waals surface area contributed by atoms with Crippen molar-refractivity contribution >= 4 is 16.0 Å². The normalized spacial score (nSPS) is 12.9. The average molecular weight is 301 g/mol. The van der Waals surface area contributed by atoms with Gasteiger partial charge >= 0.3 is 5.97 Å². The van der Waals surface area contributed by atoms with Crippen LogP contribution in [-0.2, 0) is 14.8 Å². The first-order valence-electron chi connectivity index (χ1n) is 6.26. The summed E-state index contributed by atoms with van der Waals surface area (Å²) in [5.41, 5.74) is 0.170. The number of aliphatic hydroxyl groups is 1. The van der Waals surface area contributed by atoms with Crippen LogP contribution in [0.3, 0.4) is 0 Å². The molecule has 1 atom stereocenters. The number of sulfonamides is 1. The van der Waals surface area contributed by atoms with E-state index in [1.165, 1.54) is 31.4 Å². The first kappa shape index (κ1) is 16.6. The summed E-state index contributed by atoms with van der Waals surface area (Å²) in [7, 11) is -2.47. The summed E-state index contributed by atoms with van der Waals surface area (Å²) in [5.74, 6) is -0.594. The molecule has 0 bridgehead atoms. The summed E-state index contributed by atoms with van der Waals surface area (Å²) in [6, 6.07) is 5.60. The Labute approximate surface area is 118 Å². The summed E-state index contributed by atoms with van der Waals surface area (Å²) in [6.45, 7) is 1.96. The topological polar surface area (TPSA) is 92.7 Å². The molecule has 0 aromatic heterocycles. The van der Waals surface area contributed by atoms with Gasteiger partial charge in [0, 0.05) is 6.54 Å². The summed E-state index contributed by atoms with van der Waals surface area (Å²) in [5, 5.41) is 9.38. The number of rotatable bonds is 7. The number of benzene rings is 1. The zero-order valence-electron chi connectivity index (χ0n) is 11.5. The van der Waals surface area contributed by atoms with Crippen LogP contribution in [0.15, 0.2) is 29.2 Å². The zero-order chi connectivity index (χ0) is 15.2. The van der Waals surface area contributed by atoms with E-state index in [-0.39, 0.29) is 17.0 Å². The second kappa shape index (κ2) is 7.37. The minimum atomic E-state index is -3.70. The van der Waals surface area contributed by atoms with E-state index < -0.39 is 22.1 Å². The van der Waals surface area contributed by atoms with Crippen LogP contribution in [0.1, 0.15) is 30.1 Å². The van der Waals surface area contributed by atoms with E-state index >= 15 is 0 Å². The van der Waals surface area contributed by atoms with Gasteiger partial charge in [-0.05, 0) is 31.0 Å². The predicted octanol–water partition coefficient (Wildman–Crippen LogP) is 0.912. The van der Waals surface area contributed by atoms with Gasteiger partial charge in [-0.15, -0.1) is 0 Å². The molecule has 7 heteroatoms. The van der Waals surface area contributed by atoms with Crippen molar-refractivity contribution in [2.24, 2.45) is 0 Å². The van der Waals surface area contributed by atoms with Crippen LogP contribution in [0.2, 0.25) is 0 Å². The summed E-state index contributed by atoms with van der Waals surface area (Å²) < 4.78 is 31.0. The quantitative estimate of drug-likeness (QED) is 0.730. The van der Waals surface area contributed by atoms with Crippen molar-refractivity contribution in [3.63, 3.8) is 0 Å². The Hall–Kier alpha value is -1.44. The molecule has 1 aromatic rings. The van der Waals surface area contributed by atoms with Crippen molar-refractivity contribution in [2.75, 3.05) is 13.7 Å². The molecule has 1 rings (SSSR count). The van der Waals surface area contributed by atoms with E-state index in [0.29, 0.717) is 12.8 Å². The second-order valence-corrected chi connectivity index (χ2v) is 6.03. The molecule has 0 spiro atoms. The van der Waals surface area contributed by atoms with E-state index in [2.05, 4.69) is 9.46 Å². The van der Waals surface area contributed by atoms with Crippen molar-refractivity contribution in [3.05, 3.63) is 29.8 Å². The zero-order valence-corrected chi connectivity index (χ0v) is 12.3. The lowest BCUT2D eigenvalue weighted by molar-refractivity contribution is 0.0600. The molecule has 1 unspecified atom stereocenters. The van der Waals surface area contributed by atoms with Gasteiger partial charge < -0.3 is 9.84 Å². The molecule has 0 heterocycles. The number of hydrogen-bond acceptors (Lipinski definition) is 5. The maximum absolute atomic E-state index is 12.0. The number of nitrogens with one attached hydrogen (secondary N) is 1. The Morgan fingerprint density at radius 1 is 1.45 bits per heavy atom. The Kier molecular flexibility index (Phi) is 6.12. The largest absolute Gasteiger partial charge is 0.465 e. The average Bonchev–Trinajstić information content (AvgIpc) is 2.46. The third-order valence-corrected chi connectivity index (χ3v) is 4.27. The molecule has 0 aliphatic heterocycles. The highest BCUT2D eigenvalue weighted by Crippen LogP contribution is 2.12. The number of carbonyl (C=O) groups is 1. The van der Waals surface area contributed by atoms with Gasteiger partial charge in [-0.1, -0.05) is 13.0 Å². The molecule has 2 N–H and O–H groups in total. The van der Waals surface area contributed by atoms with E-state index in [1.54, 1.807) is 0 Å². The van der Waals surface area contributed by atoms with Crippen molar-refractivity contribution in [2.45, 2.75) is 30.8 Å². The van der Waals surface area contributed by atoms with Crippen molar-refractivity contribution in [1.29, 1.82) is 0 Å². The summed E-state index contributed by atoms with van der Waals surface area (Å²) in [4.78, 5) is 11.4. The Bertz CT molecular complexity index is 556. The van der Waals surface area contributed by atoms with Crippen LogP contribution in [0.4, 0.5) is 0 Å². The number of methoxy groups -OCH3 is 1. The van der Waals surface area contributed by atoms with Crippen molar-refractivity contribution in [1.82, 2.24) is 4.72 Å². The highest BCUT2D eigenvalue weighted by molar-refractivity contribution is 7.89. The lowest BCUT2D eigenvalue weighted by Gasteiger charge is -2.10. The highest BCUT2D eigenvalue weighted by Gasteiger charge is 2.16. The van der Waals surface area contributed by atoms with Crippen LogP contribution < -0.4 is 4.72 Å². The third-order valence-electron chi connectivity index (χ3n) is 2.81. The Morgan fingerprint density at radius 3 is 2.75 bits per heavy atom. The summed E-state index contributed by atoms with van der Waals surface area (Å²) in [6.07, 6.45) is 0.380. The third kappa shape index (κ3) is 4.59. The minimum absolute atomic E-state index is 0.00797. The van der Waals surface area contributed by atoms with Gasteiger partial charge in [0.05, 0.1) is 23.7 Å². The van der Waals surface area contributed by atoms with Gasteiger partial charge in [0.1, 0.15) is 0 Å². The van der Waals surface area contributed by atoms with Crippen molar-refractivity contribution < 1.29 is 23.1 Å². The van der Waals surface area contributed by atoms with E-state index in [9.17, 15) is 18.3 Å². The van der Waals surface area contributed by atoms with Gasteiger partial charge in [-0.2, -0.15) is 0 Å². The SMILES string of the molecule is CCC(O)CCNS(=O)(=O)c1cccc(C(=O)OC)c1. The molecule has 20 heavy (non-hydrogen) atoms. The fourth-order valence-corrected chi connectivity index (χ4v) is 2.65. The monoisotopic (exact) mass is 301 g/mol. The Balaban J connectivity index is 2.79. The number of carbonyl (C=O) groups excluding carboxylic acids is 1. The fraction of sp³-hybridized carbons (Fsp3) is 0.462. The molecule has 1 aromatic carbocycles. The molecule has 0 amide bonds. The second-order valence-electron chi connectivity index (χ2n) is 4.27. The van der Waals surface area contributed by atoms with Gasteiger partial charge in [0.25, 0.3) is 0 Å². The molecule has 0 aliphatic rings. The number of esters is 1. The van der Waals surface area contributed by atoms with E-state index in [4.69, 9.17) is 0 Å². The van der Waals surface area contributed by atoms with Crippen molar-refractivity contribution in [3.8, 4) is 0 Å². The summed E-state index contributed by atoms with van der Waals surface area (Å²) >= 11 is 0. The van der Waals surface area contributed by atoms with Gasteiger partial charge in [-0.3, -0.25) is 0 Å².